The molecule has 0 unspecified atom stereocenters. The van der Waals surface area contributed by atoms with E-state index in [1.54, 1.807) is 25.0 Å². The Morgan fingerprint density at radius 2 is 2.05 bits per heavy atom. The van der Waals surface area contributed by atoms with Crippen LogP contribution in [0.25, 0.3) is 0 Å². The first-order valence-corrected chi connectivity index (χ1v) is 8.75. The Balaban J connectivity index is 2.21. The highest BCUT2D eigenvalue weighted by Gasteiger charge is 2.29. The highest BCUT2D eigenvalue weighted by Crippen LogP contribution is 2.18. The van der Waals surface area contributed by atoms with Crippen molar-refractivity contribution >= 4 is 15.7 Å². The molecule has 0 N–H and O–H groups in total. The smallest absolute Gasteiger partial charge is 0.254 e. The number of methoxy groups -OCH3 is 1. The van der Waals surface area contributed by atoms with Gasteiger partial charge in [0.2, 0.25) is 0 Å². The van der Waals surface area contributed by atoms with Crippen molar-refractivity contribution in [1.82, 2.24) is 4.90 Å². The zero-order valence-corrected chi connectivity index (χ0v) is 13.2. The Bertz CT molecular complexity index is 612. The second-order valence-electron chi connectivity index (χ2n) is 5.35. The van der Waals surface area contributed by atoms with Crippen molar-refractivity contribution in [2.75, 3.05) is 26.0 Å². The first kappa shape index (κ1) is 16.0. The van der Waals surface area contributed by atoms with Crippen molar-refractivity contribution in [3.05, 3.63) is 35.4 Å². The molecule has 1 atom stereocenters. The van der Waals surface area contributed by atoms with Crippen LogP contribution < -0.4 is 0 Å². The number of hydrogen-bond acceptors (Lipinski definition) is 4. The maximum absolute atomic E-state index is 12.6. The van der Waals surface area contributed by atoms with Crippen LogP contribution in [-0.4, -0.2) is 50.4 Å². The fourth-order valence-corrected chi connectivity index (χ4v) is 3.79. The fourth-order valence-electron chi connectivity index (χ4n) is 2.45. The van der Waals surface area contributed by atoms with Crippen molar-refractivity contribution in [2.24, 2.45) is 0 Å². The second-order valence-corrected chi connectivity index (χ2v) is 7.89. The van der Waals surface area contributed by atoms with Gasteiger partial charge in [0.05, 0.1) is 17.6 Å². The Labute approximate surface area is 125 Å². The van der Waals surface area contributed by atoms with E-state index in [2.05, 4.69) is 0 Å². The van der Waals surface area contributed by atoms with Crippen LogP contribution in [0.3, 0.4) is 0 Å². The van der Waals surface area contributed by atoms with Crippen LogP contribution in [0, 0.1) is 0 Å². The van der Waals surface area contributed by atoms with Gasteiger partial charge in [0.15, 0.2) is 9.84 Å². The van der Waals surface area contributed by atoms with Crippen molar-refractivity contribution in [2.45, 2.75) is 25.2 Å². The monoisotopic (exact) mass is 311 g/mol. The summed E-state index contributed by atoms with van der Waals surface area (Å²) in [4.78, 5) is 14.3. The zero-order chi connectivity index (χ0) is 15.5. The maximum Gasteiger partial charge on any atom is 0.254 e. The molecule has 2 rings (SSSR count). The summed E-state index contributed by atoms with van der Waals surface area (Å²) in [6, 6.07) is 7.29. The molecule has 1 aliphatic heterocycles. The van der Waals surface area contributed by atoms with E-state index < -0.39 is 9.84 Å². The molecule has 1 aliphatic rings. The Hall–Kier alpha value is -1.40. The number of ether oxygens (including phenoxy) is 1. The molecule has 0 spiro atoms. The molecule has 1 fully saturated rings. The number of hydrogen-bond donors (Lipinski definition) is 0. The number of rotatable bonds is 3. The molecule has 6 heteroatoms. The molecule has 1 saturated heterocycles. The van der Waals surface area contributed by atoms with E-state index >= 15 is 0 Å². The molecule has 1 aromatic rings. The molecule has 0 aromatic heterocycles. The summed E-state index contributed by atoms with van der Waals surface area (Å²) in [5.74, 6) is -0.0845. The van der Waals surface area contributed by atoms with Crippen LogP contribution in [-0.2, 0) is 21.2 Å². The zero-order valence-electron chi connectivity index (χ0n) is 12.4. The third-order valence-corrected chi connectivity index (χ3v) is 6.11. The van der Waals surface area contributed by atoms with E-state index in [-0.39, 0.29) is 23.5 Å². The minimum absolute atomic E-state index is 0.0341. The molecule has 1 aromatic carbocycles. The number of carbonyl (C=O) groups is 1. The summed E-state index contributed by atoms with van der Waals surface area (Å²) in [7, 11) is -1.50. The summed E-state index contributed by atoms with van der Waals surface area (Å²) in [6.07, 6.45) is 0.487. The number of carbonyl (C=O) groups excluding carboxylic acids is 1. The van der Waals surface area contributed by atoms with Gasteiger partial charge >= 0.3 is 0 Å². The van der Waals surface area contributed by atoms with Gasteiger partial charge in [0, 0.05) is 25.8 Å². The maximum atomic E-state index is 12.6. The average molecular weight is 311 g/mol. The quantitative estimate of drug-likeness (QED) is 0.848. The molecule has 0 saturated carbocycles. The van der Waals surface area contributed by atoms with Crippen LogP contribution in [0.1, 0.15) is 29.3 Å². The third-order valence-electron chi connectivity index (χ3n) is 3.90. The molecule has 21 heavy (non-hydrogen) atoms. The number of sulfone groups is 1. The van der Waals surface area contributed by atoms with Gasteiger partial charge in [-0.1, -0.05) is 18.2 Å². The van der Waals surface area contributed by atoms with E-state index in [0.717, 1.165) is 5.56 Å². The molecule has 0 radical (unpaired) electrons. The molecule has 0 bridgehead atoms. The van der Waals surface area contributed by atoms with E-state index in [0.29, 0.717) is 25.1 Å². The fraction of sp³-hybridized carbons (Fsp3) is 0.533. The van der Waals surface area contributed by atoms with Gasteiger partial charge in [-0.05, 0) is 25.0 Å². The number of amides is 1. The summed E-state index contributed by atoms with van der Waals surface area (Å²) in [5.41, 5.74) is 1.41. The van der Waals surface area contributed by atoms with Gasteiger partial charge in [-0.15, -0.1) is 0 Å². The molecule has 116 valence electrons. The van der Waals surface area contributed by atoms with E-state index in [1.165, 1.54) is 0 Å². The predicted octanol–water partition coefficient (Wildman–Crippen LogP) is 1.48. The lowest BCUT2D eigenvalue weighted by atomic mass is 10.1. The largest absolute Gasteiger partial charge is 0.380 e. The van der Waals surface area contributed by atoms with Crippen molar-refractivity contribution in [1.29, 1.82) is 0 Å². The van der Waals surface area contributed by atoms with Crippen LogP contribution in [0.5, 0.6) is 0 Å². The summed E-state index contributed by atoms with van der Waals surface area (Å²) in [5, 5.41) is -0.385. The third kappa shape index (κ3) is 3.63. The molecular formula is C15H21NO4S. The Morgan fingerprint density at radius 1 is 1.33 bits per heavy atom. The molecule has 0 aliphatic carbocycles. The Morgan fingerprint density at radius 3 is 2.76 bits per heavy atom. The molecule has 5 nitrogen and oxygen atoms in total. The molecule has 1 amide bonds. The van der Waals surface area contributed by atoms with Gasteiger partial charge in [-0.25, -0.2) is 8.42 Å². The lowest BCUT2D eigenvalue weighted by Crippen LogP contribution is -2.34. The van der Waals surface area contributed by atoms with Crippen molar-refractivity contribution < 1.29 is 17.9 Å². The van der Waals surface area contributed by atoms with Crippen LogP contribution in [0.15, 0.2) is 24.3 Å². The normalized spacial score (nSPS) is 21.8. The van der Waals surface area contributed by atoms with Crippen LogP contribution in [0.2, 0.25) is 0 Å². The minimum atomic E-state index is -3.09. The SMILES string of the molecule is COCc1ccccc1C(=O)N1CC[C@H](C)S(=O)(=O)CC1. The number of benzene rings is 1. The summed E-state index contributed by atoms with van der Waals surface area (Å²) in [6.45, 7) is 2.81. The van der Waals surface area contributed by atoms with Crippen molar-refractivity contribution in [3.63, 3.8) is 0 Å². The summed E-state index contributed by atoms with van der Waals surface area (Å²) >= 11 is 0. The highest BCUT2D eigenvalue weighted by molar-refractivity contribution is 7.92. The second kappa shape index (κ2) is 6.58. The van der Waals surface area contributed by atoms with E-state index in [4.69, 9.17) is 4.74 Å². The van der Waals surface area contributed by atoms with Crippen LogP contribution in [0.4, 0.5) is 0 Å². The standard InChI is InChI=1S/C15H21NO4S/c1-12-7-8-16(9-10-21(12,18)19)15(17)14-6-4-3-5-13(14)11-20-2/h3-6,12H,7-11H2,1-2H3/t12-/m0/s1. The average Bonchev–Trinajstić information content (AvgIpc) is 2.59. The van der Waals surface area contributed by atoms with Crippen LogP contribution >= 0.6 is 0 Å². The number of nitrogens with zero attached hydrogens (tertiary/aromatic N) is 1. The molecular weight excluding hydrogens is 290 g/mol. The first-order chi connectivity index (χ1) is 9.95. The molecule has 1 heterocycles. The van der Waals surface area contributed by atoms with Crippen molar-refractivity contribution in [3.8, 4) is 0 Å². The van der Waals surface area contributed by atoms with Gasteiger partial charge in [0.1, 0.15) is 0 Å². The highest BCUT2D eigenvalue weighted by atomic mass is 32.2. The lowest BCUT2D eigenvalue weighted by molar-refractivity contribution is 0.0762. The summed E-state index contributed by atoms with van der Waals surface area (Å²) < 4.78 is 28.9. The topological polar surface area (TPSA) is 63.7 Å². The van der Waals surface area contributed by atoms with Gasteiger partial charge < -0.3 is 9.64 Å². The predicted molar refractivity (Wildman–Crippen MR) is 80.9 cm³/mol. The first-order valence-electron chi connectivity index (χ1n) is 7.03. The van der Waals surface area contributed by atoms with E-state index in [9.17, 15) is 13.2 Å². The minimum Gasteiger partial charge on any atom is -0.380 e. The van der Waals surface area contributed by atoms with Gasteiger partial charge in [-0.2, -0.15) is 0 Å². The Kier molecular flexibility index (Phi) is 5.00. The van der Waals surface area contributed by atoms with E-state index in [1.807, 2.05) is 18.2 Å². The van der Waals surface area contributed by atoms with Gasteiger partial charge in [0.25, 0.3) is 5.91 Å². The van der Waals surface area contributed by atoms with Gasteiger partial charge in [-0.3, -0.25) is 4.79 Å². The lowest BCUT2D eigenvalue weighted by Gasteiger charge is -2.21.